The largest absolute Gasteiger partial charge is 0.444 e. The van der Waals surface area contributed by atoms with Crippen LogP contribution in [0.15, 0.2) is 5.10 Å². The Hall–Kier alpha value is -1.59. The molecule has 0 radical (unpaired) electrons. The third-order valence-corrected chi connectivity index (χ3v) is 5.00. The molecule has 1 aliphatic heterocycles. The molecule has 2 fully saturated rings. The molecule has 0 aromatic heterocycles. The van der Waals surface area contributed by atoms with Crippen molar-refractivity contribution in [3.63, 3.8) is 0 Å². The van der Waals surface area contributed by atoms with Crippen LogP contribution in [0.4, 0.5) is 4.79 Å². The van der Waals surface area contributed by atoms with Crippen LogP contribution in [0.2, 0.25) is 0 Å². The van der Waals surface area contributed by atoms with Crippen LogP contribution in [0.25, 0.3) is 0 Å². The van der Waals surface area contributed by atoms with E-state index in [0.29, 0.717) is 18.9 Å². The van der Waals surface area contributed by atoms with Crippen molar-refractivity contribution in [2.75, 3.05) is 13.6 Å². The monoisotopic (exact) mass is 321 g/mol. The summed E-state index contributed by atoms with van der Waals surface area (Å²) in [6, 6.07) is 0.283. The SMILES string of the molecule is CN(CC1=NN(C2CC3CCC2C3)C(=O)C1)C(=O)OC(C)(C)C. The van der Waals surface area contributed by atoms with Gasteiger partial charge in [0, 0.05) is 7.05 Å². The highest BCUT2D eigenvalue weighted by Gasteiger charge is 2.45. The molecule has 23 heavy (non-hydrogen) atoms. The molecule has 2 bridgehead atoms. The van der Waals surface area contributed by atoms with Crippen molar-refractivity contribution < 1.29 is 14.3 Å². The molecule has 3 unspecified atom stereocenters. The molecule has 3 atom stereocenters. The van der Waals surface area contributed by atoms with Crippen molar-refractivity contribution in [2.45, 2.75) is 64.5 Å². The minimum absolute atomic E-state index is 0.0788. The number of carbonyl (C=O) groups is 2. The first kappa shape index (κ1) is 16.3. The minimum atomic E-state index is -0.520. The maximum atomic E-state index is 12.3. The molecule has 0 spiro atoms. The lowest BCUT2D eigenvalue weighted by atomic mass is 9.95. The van der Waals surface area contributed by atoms with Crippen LogP contribution in [0.5, 0.6) is 0 Å². The summed E-state index contributed by atoms with van der Waals surface area (Å²) in [5.41, 5.74) is 0.236. The molecule has 2 aliphatic carbocycles. The lowest BCUT2D eigenvalue weighted by molar-refractivity contribution is -0.131. The lowest BCUT2D eigenvalue weighted by Crippen LogP contribution is -2.37. The van der Waals surface area contributed by atoms with Gasteiger partial charge in [-0.1, -0.05) is 6.42 Å². The predicted octanol–water partition coefficient (Wildman–Crippen LogP) is 2.63. The Bertz CT molecular complexity index is 538. The molecule has 0 aromatic carbocycles. The fourth-order valence-corrected chi connectivity index (χ4v) is 4.03. The van der Waals surface area contributed by atoms with Crippen LogP contribution >= 0.6 is 0 Å². The topological polar surface area (TPSA) is 62.2 Å². The summed E-state index contributed by atoms with van der Waals surface area (Å²) >= 11 is 0. The summed E-state index contributed by atoms with van der Waals surface area (Å²) in [5, 5.41) is 6.25. The van der Waals surface area contributed by atoms with Crippen molar-refractivity contribution >= 4 is 17.7 Å². The van der Waals surface area contributed by atoms with Gasteiger partial charge in [-0.05, 0) is 51.9 Å². The molecule has 0 aromatic rings. The molecule has 128 valence electrons. The number of nitrogens with zero attached hydrogens (tertiary/aromatic N) is 3. The second kappa shape index (κ2) is 5.80. The minimum Gasteiger partial charge on any atom is -0.444 e. The maximum Gasteiger partial charge on any atom is 0.410 e. The second-order valence-corrected chi connectivity index (χ2v) is 8.16. The molecule has 3 aliphatic rings. The predicted molar refractivity (Wildman–Crippen MR) is 87.0 cm³/mol. The van der Waals surface area contributed by atoms with Gasteiger partial charge >= 0.3 is 6.09 Å². The number of hydrogen-bond acceptors (Lipinski definition) is 4. The van der Waals surface area contributed by atoms with E-state index < -0.39 is 5.60 Å². The molecule has 2 amide bonds. The van der Waals surface area contributed by atoms with Gasteiger partial charge in [-0.25, -0.2) is 9.80 Å². The van der Waals surface area contributed by atoms with Gasteiger partial charge in [0.15, 0.2) is 0 Å². The summed E-state index contributed by atoms with van der Waals surface area (Å²) in [6.07, 6.45) is 4.81. The van der Waals surface area contributed by atoms with E-state index in [0.717, 1.165) is 18.1 Å². The van der Waals surface area contributed by atoms with E-state index in [1.54, 1.807) is 12.1 Å². The molecule has 3 rings (SSSR count). The summed E-state index contributed by atoms with van der Waals surface area (Å²) in [4.78, 5) is 25.8. The summed E-state index contributed by atoms with van der Waals surface area (Å²) in [6.45, 7) is 5.86. The van der Waals surface area contributed by atoms with Crippen LogP contribution in [0, 0.1) is 11.8 Å². The average molecular weight is 321 g/mol. The van der Waals surface area contributed by atoms with Crippen molar-refractivity contribution in [1.29, 1.82) is 0 Å². The fourth-order valence-electron chi connectivity index (χ4n) is 4.03. The number of carbonyl (C=O) groups excluding carboxylic acids is 2. The zero-order valence-corrected chi connectivity index (χ0v) is 14.5. The number of amides is 2. The maximum absolute atomic E-state index is 12.3. The highest BCUT2D eigenvalue weighted by Crippen LogP contribution is 2.47. The van der Waals surface area contributed by atoms with E-state index in [9.17, 15) is 9.59 Å². The van der Waals surface area contributed by atoms with E-state index >= 15 is 0 Å². The summed E-state index contributed by atoms with van der Waals surface area (Å²) < 4.78 is 5.34. The Morgan fingerprint density at radius 1 is 1.35 bits per heavy atom. The molecular weight excluding hydrogens is 294 g/mol. The third-order valence-electron chi connectivity index (χ3n) is 5.00. The highest BCUT2D eigenvalue weighted by atomic mass is 16.6. The molecule has 6 heteroatoms. The molecule has 0 N–H and O–H groups in total. The van der Waals surface area contributed by atoms with Crippen molar-refractivity contribution in [1.82, 2.24) is 9.91 Å². The fraction of sp³-hybridized carbons (Fsp3) is 0.824. The zero-order valence-electron chi connectivity index (χ0n) is 14.5. The van der Waals surface area contributed by atoms with Crippen LogP contribution < -0.4 is 0 Å². The normalized spacial score (nSPS) is 29.9. The van der Waals surface area contributed by atoms with E-state index in [2.05, 4.69) is 5.10 Å². The number of hydrogen-bond donors (Lipinski definition) is 0. The lowest BCUT2D eigenvalue weighted by Gasteiger charge is -2.28. The molecule has 2 saturated carbocycles. The Morgan fingerprint density at radius 3 is 2.65 bits per heavy atom. The summed E-state index contributed by atoms with van der Waals surface area (Å²) in [5.74, 6) is 1.48. The number of ether oxygens (including phenoxy) is 1. The Labute approximate surface area is 137 Å². The van der Waals surface area contributed by atoms with Gasteiger partial charge in [0.25, 0.3) is 0 Å². The van der Waals surface area contributed by atoms with E-state index in [-0.39, 0.29) is 18.0 Å². The first-order chi connectivity index (χ1) is 10.7. The smallest absolute Gasteiger partial charge is 0.410 e. The van der Waals surface area contributed by atoms with Gasteiger partial charge in [-0.2, -0.15) is 5.10 Å². The molecular formula is C17H27N3O3. The van der Waals surface area contributed by atoms with Crippen LogP contribution in [0.1, 0.15) is 52.9 Å². The van der Waals surface area contributed by atoms with Gasteiger partial charge < -0.3 is 9.64 Å². The highest BCUT2D eigenvalue weighted by molar-refractivity contribution is 6.06. The quantitative estimate of drug-likeness (QED) is 0.803. The Balaban J connectivity index is 1.59. The molecule has 1 heterocycles. The Kier molecular flexibility index (Phi) is 4.10. The van der Waals surface area contributed by atoms with Gasteiger partial charge in [-0.15, -0.1) is 0 Å². The van der Waals surface area contributed by atoms with Gasteiger partial charge in [0.05, 0.1) is 24.7 Å². The Morgan fingerprint density at radius 2 is 2.09 bits per heavy atom. The van der Waals surface area contributed by atoms with Crippen molar-refractivity contribution in [3.05, 3.63) is 0 Å². The first-order valence-corrected chi connectivity index (χ1v) is 8.55. The van der Waals surface area contributed by atoms with E-state index in [4.69, 9.17) is 4.74 Å². The average Bonchev–Trinajstić information content (AvgIpc) is 3.11. The number of hydrazone groups is 1. The van der Waals surface area contributed by atoms with Crippen molar-refractivity contribution in [3.8, 4) is 0 Å². The van der Waals surface area contributed by atoms with Gasteiger partial charge in [0.2, 0.25) is 5.91 Å². The third kappa shape index (κ3) is 3.51. The molecule has 0 saturated heterocycles. The van der Waals surface area contributed by atoms with Gasteiger partial charge in [-0.3, -0.25) is 4.79 Å². The van der Waals surface area contributed by atoms with E-state index in [1.165, 1.54) is 24.2 Å². The van der Waals surface area contributed by atoms with Crippen LogP contribution in [0.3, 0.4) is 0 Å². The number of rotatable bonds is 3. The summed E-state index contributed by atoms with van der Waals surface area (Å²) in [7, 11) is 1.68. The van der Waals surface area contributed by atoms with Crippen LogP contribution in [-0.4, -0.2) is 52.9 Å². The number of fused-ring (bicyclic) bond motifs is 2. The van der Waals surface area contributed by atoms with E-state index in [1.807, 2.05) is 20.8 Å². The zero-order chi connectivity index (χ0) is 16.8. The molecule has 6 nitrogen and oxygen atoms in total. The van der Waals surface area contributed by atoms with Gasteiger partial charge in [0.1, 0.15) is 5.60 Å². The standard InChI is InChI=1S/C17H27N3O3/c1-17(2,3)23-16(22)19(4)10-13-9-15(21)20(18-13)14-8-11-5-6-12(14)7-11/h11-12,14H,5-10H2,1-4H3. The van der Waals surface area contributed by atoms with Crippen molar-refractivity contribution in [2.24, 2.45) is 16.9 Å². The first-order valence-electron chi connectivity index (χ1n) is 8.55. The second-order valence-electron chi connectivity index (χ2n) is 8.16. The van der Waals surface area contributed by atoms with Crippen LogP contribution in [-0.2, 0) is 9.53 Å².